The minimum atomic E-state index is -1.23. The number of carbonyl (C=O) groups is 2. The first-order valence-electron chi connectivity index (χ1n) is 4.98. The number of carboxylic acids is 1. The fourth-order valence-electron chi connectivity index (χ4n) is 1.13. The molecule has 0 aromatic heterocycles. The number of amides is 1. The van der Waals surface area contributed by atoms with Gasteiger partial charge in [-0.15, -0.1) is 11.8 Å². The van der Waals surface area contributed by atoms with Gasteiger partial charge in [0.05, 0.1) is 11.3 Å². The Morgan fingerprint density at radius 3 is 2.56 bits per heavy atom. The normalized spacial score (nSPS) is 10.2. The predicted molar refractivity (Wildman–Crippen MR) is 67.2 cm³/mol. The molecule has 5 nitrogen and oxygen atoms in total. The Labute approximate surface area is 108 Å². The van der Waals surface area contributed by atoms with Crippen LogP contribution in [0.1, 0.15) is 10.4 Å². The lowest BCUT2D eigenvalue weighted by Gasteiger charge is -2.10. The largest absolute Gasteiger partial charge is 0.478 e. The molecule has 98 valence electrons. The summed E-state index contributed by atoms with van der Waals surface area (Å²) < 4.78 is 13.5. The summed E-state index contributed by atoms with van der Waals surface area (Å²) in [5.41, 5.74) is 5.08. The topological polar surface area (TPSA) is 83.6 Å². The first kappa shape index (κ1) is 14.3. The second-order valence-corrected chi connectivity index (χ2v) is 4.77. The van der Waals surface area contributed by atoms with Gasteiger partial charge >= 0.3 is 5.97 Å². The lowest BCUT2D eigenvalue weighted by atomic mass is 10.2. The van der Waals surface area contributed by atoms with E-state index in [-0.39, 0.29) is 27.8 Å². The number of hydrogen-bond donors (Lipinski definition) is 2. The Balaban J connectivity index is 2.92. The maximum atomic E-state index is 13.5. The minimum absolute atomic E-state index is 0.0346. The van der Waals surface area contributed by atoms with Crippen molar-refractivity contribution in [2.24, 2.45) is 0 Å². The molecular formula is C11H13FN2O3S. The van der Waals surface area contributed by atoms with Gasteiger partial charge < -0.3 is 15.7 Å². The number of nitrogens with zero attached hydrogens (tertiary/aromatic N) is 1. The molecule has 0 aliphatic carbocycles. The fourth-order valence-corrected chi connectivity index (χ4v) is 2.07. The highest BCUT2D eigenvalue weighted by Gasteiger charge is 2.15. The van der Waals surface area contributed by atoms with Crippen LogP contribution in [0, 0.1) is 5.82 Å². The predicted octanol–water partition coefficient (Wildman–Crippen LogP) is 1.29. The lowest BCUT2D eigenvalue weighted by molar-refractivity contribution is -0.125. The SMILES string of the molecule is CN(C)C(=O)CSc1cc(C(=O)O)c(N)cc1F. The molecule has 0 fully saturated rings. The van der Waals surface area contributed by atoms with E-state index < -0.39 is 11.8 Å². The Hall–Kier alpha value is -1.76. The van der Waals surface area contributed by atoms with E-state index in [1.807, 2.05) is 0 Å². The van der Waals surface area contributed by atoms with E-state index >= 15 is 0 Å². The molecule has 0 unspecified atom stereocenters. The summed E-state index contributed by atoms with van der Waals surface area (Å²) in [5, 5.41) is 8.86. The molecule has 7 heteroatoms. The van der Waals surface area contributed by atoms with E-state index in [0.29, 0.717) is 0 Å². The van der Waals surface area contributed by atoms with Gasteiger partial charge in [-0.3, -0.25) is 4.79 Å². The van der Waals surface area contributed by atoms with Gasteiger partial charge in [0.25, 0.3) is 0 Å². The number of hydrogen-bond acceptors (Lipinski definition) is 4. The van der Waals surface area contributed by atoms with Gasteiger partial charge in [-0.1, -0.05) is 0 Å². The van der Waals surface area contributed by atoms with Crippen LogP contribution in [0.4, 0.5) is 10.1 Å². The number of benzene rings is 1. The van der Waals surface area contributed by atoms with Gasteiger partial charge in [0.1, 0.15) is 5.82 Å². The van der Waals surface area contributed by atoms with Gasteiger partial charge in [-0.2, -0.15) is 0 Å². The number of carbonyl (C=O) groups excluding carboxylic acids is 1. The van der Waals surface area contributed by atoms with Crippen molar-refractivity contribution in [1.82, 2.24) is 4.90 Å². The summed E-state index contributed by atoms with van der Waals surface area (Å²) in [6.07, 6.45) is 0. The zero-order valence-corrected chi connectivity index (χ0v) is 10.8. The van der Waals surface area contributed by atoms with Crippen molar-refractivity contribution in [3.8, 4) is 0 Å². The highest BCUT2D eigenvalue weighted by atomic mass is 32.2. The number of anilines is 1. The van der Waals surface area contributed by atoms with Crippen molar-refractivity contribution in [2.75, 3.05) is 25.6 Å². The minimum Gasteiger partial charge on any atom is -0.478 e. The zero-order valence-electron chi connectivity index (χ0n) is 9.94. The summed E-state index contributed by atoms with van der Waals surface area (Å²) in [6.45, 7) is 0. The van der Waals surface area contributed by atoms with Crippen LogP contribution < -0.4 is 5.73 Å². The first-order valence-corrected chi connectivity index (χ1v) is 5.96. The second kappa shape index (κ2) is 5.72. The van der Waals surface area contributed by atoms with Crippen molar-refractivity contribution in [2.45, 2.75) is 4.90 Å². The third kappa shape index (κ3) is 3.36. The standard InChI is InChI=1S/C11H13FN2O3S/c1-14(2)10(15)5-18-9-3-6(11(16)17)8(13)4-7(9)12/h3-4H,5,13H2,1-2H3,(H,16,17). The Morgan fingerprint density at radius 1 is 1.44 bits per heavy atom. The number of thioether (sulfide) groups is 1. The quantitative estimate of drug-likeness (QED) is 0.637. The van der Waals surface area contributed by atoms with Crippen LogP contribution in [0.15, 0.2) is 17.0 Å². The van der Waals surface area contributed by atoms with Crippen molar-refractivity contribution in [3.05, 3.63) is 23.5 Å². The van der Waals surface area contributed by atoms with Crippen molar-refractivity contribution < 1.29 is 19.1 Å². The van der Waals surface area contributed by atoms with Crippen LogP contribution in [-0.2, 0) is 4.79 Å². The molecular weight excluding hydrogens is 259 g/mol. The van der Waals surface area contributed by atoms with Crippen molar-refractivity contribution in [3.63, 3.8) is 0 Å². The number of aromatic carboxylic acids is 1. The monoisotopic (exact) mass is 272 g/mol. The maximum absolute atomic E-state index is 13.5. The van der Waals surface area contributed by atoms with E-state index in [1.165, 1.54) is 4.90 Å². The first-order chi connectivity index (χ1) is 8.32. The zero-order chi connectivity index (χ0) is 13.9. The van der Waals surface area contributed by atoms with E-state index in [9.17, 15) is 14.0 Å². The molecule has 0 saturated heterocycles. The third-order valence-electron chi connectivity index (χ3n) is 2.18. The van der Waals surface area contributed by atoms with Crippen LogP contribution in [0.5, 0.6) is 0 Å². The summed E-state index contributed by atoms with van der Waals surface area (Å²) >= 11 is 0.939. The molecule has 0 heterocycles. The Morgan fingerprint density at radius 2 is 2.06 bits per heavy atom. The van der Waals surface area contributed by atoms with Crippen LogP contribution in [-0.4, -0.2) is 41.7 Å². The molecule has 0 aliphatic heterocycles. The number of carboxylic acid groups (broad SMARTS) is 1. The number of halogens is 1. The lowest BCUT2D eigenvalue weighted by Crippen LogP contribution is -2.23. The average molecular weight is 272 g/mol. The molecule has 0 bridgehead atoms. The molecule has 18 heavy (non-hydrogen) atoms. The van der Waals surface area contributed by atoms with E-state index in [0.717, 1.165) is 23.9 Å². The molecule has 1 aromatic carbocycles. The smallest absolute Gasteiger partial charge is 0.337 e. The molecule has 1 aromatic rings. The van der Waals surface area contributed by atoms with E-state index in [1.54, 1.807) is 14.1 Å². The molecule has 0 aliphatic rings. The van der Waals surface area contributed by atoms with Gasteiger partial charge in [0, 0.05) is 24.7 Å². The van der Waals surface area contributed by atoms with Crippen LogP contribution >= 0.6 is 11.8 Å². The summed E-state index contributed by atoms with van der Waals surface area (Å²) in [7, 11) is 3.18. The molecule has 1 rings (SSSR count). The van der Waals surface area contributed by atoms with Crippen molar-refractivity contribution >= 4 is 29.3 Å². The summed E-state index contributed by atoms with van der Waals surface area (Å²) in [6, 6.07) is 2.09. The Bertz CT molecular complexity index is 491. The molecule has 0 saturated carbocycles. The maximum Gasteiger partial charge on any atom is 0.337 e. The Kier molecular flexibility index (Phi) is 4.55. The highest BCUT2D eigenvalue weighted by Crippen LogP contribution is 2.26. The number of nitrogen functional groups attached to an aromatic ring is 1. The average Bonchev–Trinajstić information content (AvgIpc) is 2.26. The summed E-state index contributed by atoms with van der Waals surface area (Å²) in [5.74, 6) is -2.01. The molecule has 1 amide bonds. The fraction of sp³-hybridized carbons (Fsp3) is 0.273. The number of nitrogens with two attached hydrogens (primary N) is 1. The third-order valence-corrected chi connectivity index (χ3v) is 3.20. The van der Waals surface area contributed by atoms with E-state index in [4.69, 9.17) is 10.8 Å². The van der Waals surface area contributed by atoms with Crippen LogP contribution in [0.25, 0.3) is 0 Å². The van der Waals surface area contributed by atoms with Gasteiger partial charge in [-0.05, 0) is 12.1 Å². The van der Waals surface area contributed by atoms with Gasteiger partial charge in [0.2, 0.25) is 5.91 Å². The number of rotatable bonds is 4. The molecule has 0 atom stereocenters. The van der Waals surface area contributed by atoms with Crippen LogP contribution in [0.2, 0.25) is 0 Å². The molecule has 0 spiro atoms. The van der Waals surface area contributed by atoms with Gasteiger partial charge in [0.15, 0.2) is 0 Å². The highest BCUT2D eigenvalue weighted by molar-refractivity contribution is 8.00. The summed E-state index contributed by atoms with van der Waals surface area (Å²) in [4.78, 5) is 23.7. The van der Waals surface area contributed by atoms with Crippen LogP contribution in [0.3, 0.4) is 0 Å². The second-order valence-electron chi connectivity index (χ2n) is 3.75. The van der Waals surface area contributed by atoms with Crippen molar-refractivity contribution in [1.29, 1.82) is 0 Å². The van der Waals surface area contributed by atoms with Gasteiger partial charge in [-0.25, -0.2) is 9.18 Å². The molecule has 0 radical (unpaired) electrons. The van der Waals surface area contributed by atoms with E-state index in [2.05, 4.69) is 0 Å². The molecule has 3 N–H and O–H groups in total.